The normalized spacial score (nSPS) is 18.0. The number of benzene rings is 1. The Hall–Kier alpha value is -2.44. The fourth-order valence-corrected chi connectivity index (χ4v) is 3.54. The fourth-order valence-electron chi connectivity index (χ4n) is 3.54. The molecule has 0 spiro atoms. The number of nitrogens with zero attached hydrogens (tertiary/aromatic N) is 2. The second-order valence-corrected chi connectivity index (χ2v) is 6.97. The van der Waals surface area contributed by atoms with E-state index in [0.717, 1.165) is 53.0 Å². The van der Waals surface area contributed by atoms with Crippen LogP contribution in [0.25, 0.3) is 10.9 Å². The number of rotatable bonds is 5. The van der Waals surface area contributed by atoms with Gasteiger partial charge in [0.05, 0.1) is 18.4 Å². The summed E-state index contributed by atoms with van der Waals surface area (Å²) in [6.07, 6.45) is 1.14. The molecule has 0 aliphatic carbocycles. The van der Waals surface area contributed by atoms with Crippen LogP contribution in [-0.4, -0.2) is 34.2 Å². The Bertz CT molecular complexity index is 956. The maximum absolute atomic E-state index is 12.3. The van der Waals surface area contributed by atoms with E-state index >= 15 is 0 Å². The molecular formula is C20H23N3O3. The summed E-state index contributed by atoms with van der Waals surface area (Å²) in [6, 6.07) is 9.85. The number of hydrogen-bond acceptors (Lipinski definition) is 5. The molecule has 1 atom stereocenters. The van der Waals surface area contributed by atoms with Crippen LogP contribution >= 0.6 is 0 Å². The Morgan fingerprint density at radius 1 is 1.35 bits per heavy atom. The molecule has 1 N–H and O–H groups in total. The lowest BCUT2D eigenvalue weighted by Crippen LogP contribution is -2.26. The Kier molecular flexibility index (Phi) is 4.61. The van der Waals surface area contributed by atoms with Crippen molar-refractivity contribution < 1.29 is 9.26 Å². The van der Waals surface area contributed by atoms with E-state index in [2.05, 4.69) is 15.0 Å². The van der Waals surface area contributed by atoms with Gasteiger partial charge in [-0.05, 0) is 37.8 Å². The van der Waals surface area contributed by atoms with Crippen LogP contribution in [0.15, 0.2) is 39.6 Å². The molecule has 0 radical (unpaired) electrons. The molecule has 1 unspecified atom stereocenters. The van der Waals surface area contributed by atoms with Crippen molar-refractivity contribution in [1.82, 2.24) is 15.0 Å². The number of likely N-dealkylation sites (tertiary alicyclic amines) is 1. The number of fused-ring (bicyclic) bond motifs is 1. The number of hydrogen-bond donors (Lipinski definition) is 1. The minimum Gasteiger partial charge on any atom is -0.372 e. The standard InChI is InChI=1S/C20H23N3O3/c1-13-18(14(2)26-22-13)12-25-17-7-8-23(11-17)10-16-9-15-5-3-4-6-19(15)21-20(16)24/h3-6,9,17H,7-8,10-12H2,1-2H3,(H,21,24). The maximum Gasteiger partial charge on any atom is 0.252 e. The van der Waals surface area contributed by atoms with Gasteiger partial charge in [0.15, 0.2) is 0 Å². The lowest BCUT2D eigenvalue weighted by atomic mass is 10.1. The van der Waals surface area contributed by atoms with E-state index in [1.165, 1.54) is 0 Å². The monoisotopic (exact) mass is 353 g/mol. The lowest BCUT2D eigenvalue weighted by molar-refractivity contribution is 0.0453. The molecule has 1 aliphatic heterocycles. The Morgan fingerprint density at radius 2 is 2.19 bits per heavy atom. The van der Waals surface area contributed by atoms with E-state index in [1.807, 2.05) is 44.2 Å². The van der Waals surface area contributed by atoms with E-state index in [0.29, 0.717) is 13.2 Å². The maximum atomic E-state index is 12.3. The van der Waals surface area contributed by atoms with Gasteiger partial charge < -0.3 is 14.2 Å². The number of para-hydroxylation sites is 1. The van der Waals surface area contributed by atoms with E-state index < -0.39 is 0 Å². The zero-order valence-corrected chi connectivity index (χ0v) is 15.1. The zero-order chi connectivity index (χ0) is 18.1. The van der Waals surface area contributed by atoms with Gasteiger partial charge in [0.2, 0.25) is 0 Å². The van der Waals surface area contributed by atoms with Gasteiger partial charge >= 0.3 is 0 Å². The van der Waals surface area contributed by atoms with Crippen LogP contribution in [0.4, 0.5) is 0 Å². The third-order valence-electron chi connectivity index (χ3n) is 5.10. The third-order valence-corrected chi connectivity index (χ3v) is 5.10. The van der Waals surface area contributed by atoms with Gasteiger partial charge in [0, 0.05) is 36.3 Å². The van der Waals surface area contributed by atoms with Crippen LogP contribution < -0.4 is 5.56 Å². The molecule has 3 heterocycles. The number of aromatic nitrogens is 2. The van der Waals surface area contributed by atoms with E-state index in [9.17, 15) is 4.79 Å². The highest BCUT2D eigenvalue weighted by Crippen LogP contribution is 2.20. The molecule has 1 fully saturated rings. The van der Waals surface area contributed by atoms with E-state index in [-0.39, 0.29) is 11.7 Å². The summed E-state index contributed by atoms with van der Waals surface area (Å²) in [4.78, 5) is 17.6. The summed E-state index contributed by atoms with van der Waals surface area (Å²) in [5.74, 6) is 0.819. The first-order valence-corrected chi connectivity index (χ1v) is 8.97. The van der Waals surface area contributed by atoms with Crippen molar-refractivity contribution in [2.45, 2.75) is 39.5 Å². The summed E-state index contributed by atoms with van der Waals surface area (Å²) in [6.45, 7) is 6.77. The molecular weight excluding hydrogens is 330 g/mol. The fraction of sp³-hybridized carbons (Fsp3) is 0.400. The number of pyridine rings is 1. The minimum atomic E-state index is -0.0104. The predicted octanol–water partition coefficient (Wildman–Crippen LogP) is 2.92. The molecule has 1 aliphatic rings. The second-order valence-electron chi connectivity index (χ2n) is 6.97. The Labute approximate surface area is 151 Å². The van der Waals surface area contributed by atoms with Crippen molar-refractivity contribution in [2.75, 3.05) is 13.1 Å². The molecule has 6 nitrogen and oxygen atoms in total. The zero-order valence-electron chi connectivity index (χ0n) is 15.1. The second kappa shape index (κ2) is 7.05. The number of aromatic amines is 1. The molecule has 1 saturated heterocycles. The highest BCUT2D eigenvalue weighted by Gasteiger charge is 2.24. The van der Waals surface area contributed by atoms with Gasteiger partial charge in [-0.1, -0.05) is 23.4 Å². The molecule has 26 heavy (non-hydrogen) atoms. The van der Waals surface area contributed by atoms with Gasteiger partial charge in [-0.25, -0.2) is 0 Å². The smallest absolute Gasteiger partial charge is 0.252 e. The number of aryl methyl sites for hydroxylation is 2. The number of ether oxygens (including phenoxy) is 1. The molecule has 4 rings (SSSR count). The molecule has 0 amide bonds. The molecule has 2 aromatic heterocycles. The topological polar surface area (TPSA) is 71.4 Å². The summed E-state index contributed by atoms with van der Waals surface area (Å²) in [5, 5.41) is 5.03. The van der Waals surface area contributed by atoms with Crippen molar-refractivity contribution in [3.05, 3.63) is 63.3 Å². The molecule has 0 saturated carbocycles. The average molecular weight is 353 g/mol. The van der Waals surface area contributed by atoms with Gasteiger partial charge in [0.1, 0.15) is 5.76 Å². The Morgan fingerprint density at radius 3 is 3.00 bits per heavy atom. The van der Waals surface area contributed by atoms with Crippen LogP contribution in [0.2, 0.25) is 0 Å². The summed E-state index contributed by atoms with van der Waals surface area (Å²) in [5.41, 5.74) is 3.59. The van der Waals surface area contributed by atoms with Crippen LogP contribution in [0, 0.1) is 13.8 Å². The van der Waals surface area contributed by atoms with E-state index in [4.69, 9.17) is 9.26 Å². The first kappa shape index (κ1) is 17.0. The van der Waals surface area contributed by atoms with Crippen LogP contribution in [0.1, 0.15) is 29.0 Å². The van der Waals surface area contributed by atoms with Crippen LogP contribution in [0.3, 0.4) is 0 Å². The molecule has 1 aromatic carbocycles. The molecule has 3 aromatic rings. The predicted molar refractivity (Wildman–Crippen MR) is 99.0 cm³/mol. The quantitative estimate of drug-likeness (QED) is 0.764. The molecule has 136 valence electrons. The van der Waals surface area contributed by atoms with Gasteiger partial charge in [-0.15, -0.1) is 0 Å². The minimum absolute atomic E-state index is 0.0104. The highest BCUT2D eigenvalue weighted by atomic mass is 16.5. The van der Waals surface area contributed by atoms with Crippen molar-refractivity contribution >= 4 is 10.9 Å². The van der Waals surface area contributed by atoms with E-state index in [1.54, 1.807) is 0 Å². The molecule has 0 bridgehead atoms. The highest BCUT2D eigenvalue weighted by molar-refractivity contribution is 5.78. The lowest BCUT2D eigenvalue weighted by Gasteiger charge is -2.16. The number of nitrogens with one attached hydrogen (secondary N) is 1. The van der Waals surface area contributed by atoms with Crippen molar-refractivity contribution in [2.24, 2.45) is 0 Å². The third kappa shape index (κ3) is 3.43. The Balaban J connectivity index is 1.39. The van der Waals surface area contributed by atoms with Gasteiger partial charge in [0.25, 0.3) is 5.56 Å². The van der Waals surface area contributed by atoms with Gasteiger partial charge in [-0.3, -0.25) is 9.69 Å². The molecule has 6 heteroatoms. The average Bonchev–Trinajstić information content (AvgIpc) is 3.20. The first-order chi connectivity index (χ1) is 12.6. The summed E-state index contributed by atoms with van der Waals surface area (Å²) >= 11 is 0. The number of H-pyrrole nitrogens is 1. The van der Waals surface area contributed by atoms with Gasteiger partial charge in [-0.2, -0.15) is 0 Å². The van der Waals surface area contributed by atoms with Crippen molar-refractivity contribution in [3.8, 4) is 0 Å². The van der Waals surface area contributed by atoms with Crippen molar-refractivity contribution in [3.63, 3.8) is 0 Å². The SMILES string of the molecule is Cc1noc(C)c1COC1CCN(Cc2cc3ccccc3[nH]c2=O)C1. The largest absolute Gasteiger partial charge is 0.372 e. The van der Waals surface area contributed by atoms with Crippen LogP contribution in [0.5, 0.6) is 0 Å². The summed E-state index contributed by atoms with van der Waals surface area (Å²) < 4.78 is 11.2. The first-order valence-electron chi connectivity index (χ1n) is 8.97. The van der Waals surface area contributed by atoms with Crippen LogP contribution in [-0.2, 0) is 17.9 Å². The van der Waals surface area contributed by atoms with Crippen molar-refractivity contribution in [1.29, 1.82) is 0 Å². The summed E-state index contributed by atoms with van der Waals surface area (Å²) in [7, 11) is 0.